The van der Waals surface area contributed by atoms with Crippen LogP contribution in [0.15, 0.2) is 18.3 Å². The third-order valence-corrected chi connectivity index (χ3v) is 4.40. The maximum absolute atomic E-state index is 6.46. The van der Waals surface area contributed by atoms with Crippen molar-refractivity contribution in [3.63, 3.8) is 0 Å². The molecular formula is C16H19ClN4O2. The number of nitrogens with two attached hydrogens (primary N) is 1. The van der Waals surface area contributed by atoms with Crippen LogP contribution in [0.3, 0.4) is 0 Å². The average Bonchev–Trinajstić information content (AvgIpc) is 2.56. The molecule has 0 radical (unpaired) electrons. The number of anilines is 1. The molecule has 2 N–H and O–H groups in total. The molecule has 23 heavy (non-hydrogen) atoms. The van der Waals surface area contributed by atoms with Gasteiger partial charge in [-0.15, -0.1) is 0 Å². The molecule has 0 atom stereocenters. The van der Waals surface area contributed by atoms with Crippen molar-refractivity contribution < 1.29 is 9.47 Å². The first kappa shape index (κ1) is 15.8. The Hall–Kier alpha value is -2.05. The van der Waals surface area contributed by atoms with E-state index in [4.69, 9.17) is 26.8 Å². The summed E-state index contributed by atoms with van der Waals surface area (Å²) in [5, 5.41) is 0.589. The average molecular weight is 335 g/mol. The van der Waals surface area contributed by atoms with E-state index in [1.54, 1.807) is 20.4 Å². The van der Waals surface area contributed by atoms with Crippen molar-refractivity contribution in [1.82, 2.24) is 14.9 Å². The molecule has 1 aromatic carbocycles. The number of fused-ring (bicyclic) bond motifs is 1. The zero-order chi connectivity index (χ0) is 16.4. The number of nitrogen functional groups attached to an aromatic ring is 1. The van der Waals surface area contributed by atoms with Crippen molar-refractivity contribution in [2.75, 3.05) is 26.5 Å². The fourth-order valence-electron chi connectivity index (χ4n) is 2.82. The minimum absolute atomic E-state index is 0.333. The van der Waals surface area contributed by atoms with Crippen molar-refractivity contribution in [1.29, 1.82) is 0 Å². The van der Waals surface area contributed by atoms with Crippen LogP contribution in [0.1, 0.15) is 16.8 Å². The maximum Gasteiger partial charge on any atom is 0.220 e. The van der Waals surface area contributed by atoms with Crippen LogP contribution in [-0.2, 0) is 19.5 Å². The van der Waals surface area contributed by atoms with Gasteiger partial charge in [-0.1, -0.05) is 17.7 Å². The van der Waals surface area contributed by atoms with E-state index in [1.165, 1.54) is 0 Å². The summed E-state index contributed by atoms with van der Waals surface area (Å²) in [5.41, 5.74) is 8.79. The quantitative estimate of drug-likeness (QED) is 0.924. The molecule has 1 aromatic heterocycles. The SMILES string of the molecule is COc1ccc(CN2CCc3nc(N)ncc3C2)c(Cl)c1OC. The molecule has 2 heterocycles. The van der Waals surface area contributed by atoms with Gasteiger partial charge in [0, 0.05) is 37.8 Å². The number of nitrogens with zero attached hydrogens (tertiary/aromatic N) is 3. The maximum atomic E-state index is 6.46. The van der Waals surface area contributed by atoms with Gasteiger partial charge in [-0.3, -0.25) is 4.90 Å². The second kappa shape index (κ2) is 6.60. The van der Waals surface area contributed by atoms with Gasteiger partial charge >= 0.3 is 0 Å². The van der Waals surface area contributed by atoms with Crippen LogP contribution >= 0.6 is 11.6 Å². The third kappa shape index (κ3) is 3.18. The second-order valence-electron chi connectivity index (χ2n) is 5.43. The van der Waals surface area contributed by atoms with E-state index in [1.807, 2.05) is 12.1 Å². The minimum Gasteiger partial charge on any atom is -0.493 e. The molecule has 0 fully saturated rings. The number of hydrogen-bond donors (Lipinski definition) is 1. The number of halogens is 1. The number of benzene rings is 1. The molecule has 0 spiro atoms. The number of aromatic nitrogens is 2. The lowest BCUT2D eigenvalue weighted by atomic mass is 10.1. The summed E-state index contributed by atoms with van der Waals surface area (Å²) >= 11 is 6.46. The Kier molecular flexibility index (Phi) is 4.54. The smallest absolute Gasteiger partial charge is 0.220 e. The second-order valence-corrected chi connectivity index (χ2v) is 5.81. The summed E-state index contributed by atoms with van der Waals surface area (Å²) in [5.74, 6) is 1.54. The molecule has 0 unspecified atom stereocenters. The van der Waals surface area contributed by atoms with Crippen LogP contribution in [0.2, 0.25) is 5.02 Å². The summed E-state index contributed by atoms with van der Waals surface area (Å²) in [6, 6.07) is 3.85. The number of methoxy groups -OCH3 is 2. The monoisotopic (exact) mass is 334 g/mol. The number of ether oxygens (including phenoxy) is 2. The number of hydrogen-bond acceptors (Lipinski definition) is 6. The highest BCUT2D eigenvalue weighted by Gasteiger charge is 2.20. The van der Waals surface area contributed by atoms with Crippen LogP contribution in [0, 0.1) is 0 Å². The van der Waals surface area contributed by atoms with E-state index in [9.17, 15) is 0 Å². The Morgan fingerprint density at radius 1 is 1.30 bits per heavy atom. The van der Waals surface area contributed by atoms with Gasteiger partial charge in [-0.05, 0) is 11.6 Å². The lowest BCUT2D eigenvalue weighted by molar-refractivity contribution is 0.242. The van der Waals surface area contributed by atoms with Crippen molar-refractivity contribution >= 4 is 17.5 Å². The third-order valence-electron chi connectivity index (χ3n) is 3.99. The molecule has 6 nitrogen and oxygen atoms in total. The van der Waals surface area contributed by atoms with Crippen molar-refractivity contribution in [2.45, 2.75) is 19.5 Å². The zero-order valence-corrected chi connectivity index (χ0v) is 13.9. The first-order valence-electron chi connectivity index (χ1n) is 7.34. The molecule has 3 rings (SSSR count). The Bertz CT molecular complexity index is 723. The molecular weight excluding hydrogens is 316 g/mol. The molecule has 1 aliphatic heterocycles. The summed E-state index contributed by atoms with van der Waals surface area (Å²) in [6.45, 7) is 2.40. The van der Waals surface area contributed by atoms with Crippen molar-refractivity contribution in [3.8, 4) is 11.5 Å². The van der Waals surface area contributed by atoms with E-state index in [0.29, 0.717) is 22.5 Å². The van der Waals surface area contributed by atoms with E-state index < -0.39 is 0 Å². The molecule has 122 valence electrons. The molecule has 0 aliphatic carbocycles. The van der Waals surface area contributed by atoms with Crippen molar-refractivity contribution in [3.05, 3.63) is 40.2 Å². The van der Waals surface area contributed by atoms with Gasteiger partial charge in [-0.2, -0.15) is 0 Å². The van der Waals surface area contributed by atoms with Gasteiger partial charge in [0.05, 0.1) is 24.9 Å². The van der Waals surface area contributed by atoms with E-state index in [-0.39, 0.29) is 0 Å². The predicted molar refractivity (Wildman–Crippen MR) is 88.8 cm³/mol. The van der Waals surface area contributed by atoms with E-state index in [0.717, 1.165) is 42.9 Å². The summed E-state index contributed by atoms with van der Waals surface area (Å²) in [6.07, 6.45) is 2.66. The highest BCUT2D eigenvalue weighted by Crippen LogP contribution is 2.38. The van der Waals surface area contributed by atoms with Gasteiger partial charge in [0.25, 0.3) is 0 Å². The molecule has 0 saturated heterocycles. The Labute approximate surface area is 140 Å². The predicted octanol–water partition coefficient (Wildman–Crippen LogP) is 2.29. The zero-order valence-electron chi connectivity index (χ0n) is 13.2. The molecule has 1 aliphatic rings. The van der Waals surface area contributed by atoms with Crippen molar-refractivity contribution in [2.24, 2.45) is 0 Å². The van der Waals surface area contributed by atoms with Crippen LogP contribution in [0.5, 0.6) is 11.5 Å². The molecule has 7 heteroatoms. The number of rotatable bonds is 4. The summed E-state index contributed by atoms with van der Waals surface area (Å²) in [7, 11) is 3.19. The van der Waals surface area contributed by atoms with Crippen LogP contribution in [0.25, 0.3) is 0 Å². The van der Waals surface area contributed by atoms with Gasteiger partial charge in [0.1, 0.15) is 0 Å². The summed E-state index contributed by atoms with van der Waals surface area (Å²) in [4.78, 5) is 10.7. The van der Waals surface area contributed by atoms with Gasteiger partial charge in [-0.25, -0.2) is 9.97 Å². The van der Waals surface area contributed by atoms with Crippen LogP contribution in [-0.4, -0.2) is 35.6 Å². The van der Waals surface area contributed by atoms with Gasteiger partial charge < -0.3 is 15.2 Å². The van der Waals surface area contributed by atoms with Gasteiger partial charge in [0.2, 0.25) is 5.95 Å². The van der Waals surface area contributed by atoms with E-state index >= 15 is 0 Å². The lowest BCUT2D eigenvalue weighted by Gasteiger charge is -2.28. The first-order chi connectivity index (χ1) is 11.1. The summed E-state index contributed by atoms with van der Waals surface area (Å²) < 4.78 is 10.6. The first-order valence-corrected chi connectivity index (χ1v) is 7.72. The fourth-order valence-corrected chi connectivity index (χ4v) is 3.11. The van der Waals surface area contributed by atoms with Gasteiger partial charge in [0.15, 0.2) is 11.5 Å². The Morgan fingerprint density at radius 2 is 2.13 bits per heavy atom. The standard InChI is InChI=1S/C16H19ClN4O2/c1-22-13-4-3-10(14(17)15(13)23-2)8-21-6-5-12-11(9-21)7-19-16(18)20-12/h3-4,7H,5-6,8-9H2,1-2H3,(H2,18,19,20). The Balaban J connectivity index is 1.79. The minimum atomic E-state index is 0.333. The highest BCUT2D eigenvalue weighted by molar-refractivity contribution is 6.33. The largest absolute Gasteiger partial charge is 0.493 e. The van der Waals surface area contributed by atoms with E-state index in [2.05, 4.69) is 14.9 Å². The lowest BCUT2D eigenvalue weighted by Crippen LogP contribution is -2.31. The molecule has 0 amide bonds. The Morgan fingerprint density at radius 3 is 2.87 bits per heavy atom. The topological polar surface area (TPSA) is 73.5 Å². The molecule has 0 saturated carbocycles. The highest BCUT2D eigenvalue weighted by atomic mass is 35.5. The fraction of sp³-hybridized carbons (Fsp3) is 0.375. The van der Waals surface area contributed by atoms with Crippen LogP contribution < -0.4 is 15.2 Å². The van der Waals surface area contributed by atoms with Crippen LogP contribution in [0.4, 0.5) is 5.95 Å². The molecule has 2 aromatic rings. The molecule has 0 bridgehead atoms. The normalized spacial score (nSPS) is 14.4.